The van der Waals surface area contributed by atoms with Gasteiger partial charge in [0.15, 0.2) is 4.96 Å². The number of carbonyl (C=O) groups excluding carboxylic acids is 1. The second kappa shape index (κ2) is 4.68. The largest absolute Gasteiger partial charge is 0.388 e. The summed E-state index contributed by atoms with van der Waals surface area (Å²) in [6.45, 7) is 6.58. The molecule has 7 heteroatoms. The second-order valence-corrected chi connectivity index (χ2v) is 6.54. The molecule has 0 unspecified atom stereocenters. The molecule has 2 rings (SSSR count). The Morgan fingerprint density at radius 3 is 2.65 bits per heavy atom. The van der Waals surface area contributed by atoms with Gasteiger partial charge in [-0.15, -0.1) is 11.3 Å². The molecule has 2 N–H and O–H groups in total. The molecule has 0 spiro atoms. The van der Waals surface area contributed by atoms with Gasteiger partial charge in [-0.1, -0.05) is 0 Å². The highest BCUT2D eigenvalue weighted by atomic mass is 32.1. The molecule has 0 bridgehead atoms. The van der Waals surface area contributed by atoms with E-state index in [2.05, 4.69) is 10.3 Å². The SMILES string of the molecule is CC(C)(O)C(C)(C)NC(=O)c1cnc2sccn2c1=O. The first-order chi connectivity index (χ1) is 9.13. The van der Waals surface area contributed by atoms with Crippen molar-refractivity contribution >= 4 is 22.2 Å². The molecule has 20 heavy (non-hydrogen) atoms. The molecule has 0 aliphatic heterocycles. The normalized spacial score (nSPS) is 12.7. The molecule has 0 fully saturated rings. The molecule has 0 saturated heterocycles. The van der Waals surface area contributed by atoms with Crippen molar-refractivity contribution in [1.29, 1.82) is 0 Å². The maximum Gasteiger partial charge on any atom is 0.271 e. The Kier molecular flexibility index (Phi) is 3.43. The van der Waals surface area contributed by atoms with Crippen LogP contribution in [0.2, 0.25) is 0 Å². The fourth-order valence-electron chi connectivity index (χ4n) is 1.48. The number of amides is 1. The van der Waals surface area contributed by atoms with E-state index in [4.69, 9.17) is 0 Å². The number of hydrogen-bond acceptors (Lipinski definition) is 5. The van der Waals surface area contributed by atoms with Crippen LogP contribution < -0.4 is 10.9 Å². The number of aliphatic hydroxyl groups is 1. The number of carbonyl (C=O) groups is 1. The molecule has 1 amide bonds. The minimum Gasteiger partial charge on any atom is -0.388 e. The highest BCUT2D eigenvalue weighted by Gasteiger charge is 2.37. The minimum atomic E-state index is -1.13. The zero-order valence-electron chi connectivity index (χ0n) is 11.8. The first kappa shape index (κ1) is 14.7. The van der Waals surface area contributed by atoms with Crippen molar-refractivity contribution in [2.24, 2.45) is 0 Å². The summed E-state index contributed by atoms with van der Waals surface area (Å²) in [5.74, 6) is -0.546. The Bertz CT molecular complexity index is 709. The Hall–Kier alpha value is -1.73. The molecule has 6 nitrogen and oxygen atoms in total. The van der Waals surface area contributed by atoms with Crippen LogP contribution in [0.25, 0.3) is 4.96 Å². The maximum atomic E-state index is 12.2. The molecule has 0 aromatic carbocycles. The Balaban J connectivity index is 2.38. The van der Waals surface area contributed by atoms with Gasteiger partial charge in [0.1, 0.15) is 5.56 Å². The molecular formula is C13H17N3O3S. The number of nitrogens with zero attached hydrogens (tertiary/aromatic N) is 2. The predicted octanol–water partition coefficient (Wildman–Crippen LogP) is 1.04. The van der Waals surface area contributed by atoms with Gasteiger partial charge in [0.05, 0.1) is 11.1 Å². The van der Waals surface area contributed by atoms with Crippen LogP contribution in [0.1, 0.15) is 38.1 Å². The monoisotopic (exact) mass is 295 g/mol. The highest BCUT2D eigenvalue weighted by Crippen LogP contribution is 2.20. The first-order valence-corrected chi connectivity index (χ1v) is 7.01. The van der Waals surface area contributed by atoms with E-state index >= 15 is 0 Å². The van der Waals surface area contributed by atoms with Gasteiger partial charge >= 0.3 is 0 Å². The van der Waals surface area contributed by atoms with Gasteiger partial charge in [-0.05, 0) is 27.7 Å². The number of nitrogens with one attached hydrogen (secondary N) is 1. The van der Waals surface area contributed by atoms with Crippen molar-refractivity contribution < 1.29 is 9.90 Å². The van der Waals surface area contributed by atoms with Crippen LogP contribution in [0.4, 0.5) is 0 Å². The lowest BCUT2D eigenvalue weighted by atomic mass is 9.86. The fourth-order valence-corrected chi connectivity index (χ4v) is 2.16. The molecule has 2 aromatic rings. The van der Waals surface area contributed by atoms with Crippen molar-refractivity contribution in [3.8, 4) is 0 Å². The van der Waals surface area contributed by atoms with E-state index in [9.17, 15) is 14.7 Å². The third-order valence-corrected chi connectivity index (χ3v) is 4.31. The number of aromatic nitrogens is 2. The highest BCUT2D eigenvalue weighted by molar-refractivity contribution is 7.15. The minimum absolute atomic E-state index is 0.0433. The van der Waals surface area contributed by atoms with Crippen molar-refractivity contribution in [1.82, 2.24) is 14.7 Å². The lowest BCUT2D eigenvalue weighted by Gasteiger charge is -2.37. The lowest BCUT2D eigenvalue weighted by Crippen LogP contribution is -2.58. The summed E-state index contributed by atoms with van der Waals surface area (Å²) < 4.78 is 1.33. The molecule has 0 aliphatic rings. The molecule has 2 aromatic heterocycles. The molecular weight excluding hydrogens is 278 g/mol. The van der Waals surface area contributed by atoms with E-state index < -0.39 is 22.6 Å². The number of hydrogen-bond donors (Lipinski definition) is 2. The number of fused-ring (bicyclic) bond motifs is 1. The van der Waals surface area contributed by atoms with Crippen molar-refractivity contribution in [2.45, 2.75) is 38.8 Å². The van der Waals surface area contributed by atoms with Crippen LogP contribution in [0.3, 0.4) is 0 Å². The molecule has 0 aliphatic carbocycles. The van der Waals surface area contributed by atoms with E-state index in [1.54, 1.807) is 39.3 Å². The van der Waals surface area contributed by atoms with Crippen LogP contribution in [-0.4, -0.2) is 31.5 Å². The van der Waals surface area contributed by atoms with Crippen LogP contribution in [0, 0.1) is 0 Å². The standard InChI is InChI=1S/C13H17N3O3S/c1-12(2,13(3,4)19)15-9(17)8-7-14-11-16(10(8)18)5-6-20-11/h5-7,19H,1-4H3,(H,15,17). The van der Waals surface area contributed by atoms with Gasteiger partial charge in [-0.25, -0.2) is 4.98 Å². The van der Waals surface area contributed by atoms with Crippen molar-refractivity contribution in [2.75, 3.05) is 0 Å². The van der Waals surface area contributed by atoms with E-state index in [0.717, 1.165) is 0 Å². The van der Waals surface area contributed by atoms with Crippen LogP contribution >= 0.6 is 11.3 Å². The average Bonchev–Trinajstić information content (AvgIpc) is 2.75. The average molecular weight is 295 g/mol. The van der Waals surface area contributed by atoms with Gasteiger partial charge in [-0.3, -0.25) is 14.0 Å². The van der Waals surface area contributed by atoms with Gasteiger partial charge in [-0.2, -0.15) is 0 Å². The van der Waals surface area contributed by atoms with Crippen molar-refractivity contribution in [3.05, 3.63) is 33.7 Å². The zero-order chi connectivity index (χ0) is 15.1. The third kappa shape index (κ3) is 2.46. The fraction of sp³-hybridized carbons (Fsp3) is 0.462. The molecule has 2 heterocycles. The quantitative estimate of drug-likeness (QED) is 0.886. The van der Waals surface area contributed by atoms with Crippen LogP contribution in [0.5, 0.6) is 0 Å². The van der Waals surface area contributed by atoms with Gasteiger partial charge in [0.2, 0.25) is 0 Å². The first-order valence-electron chi connectivity index (χ1n) is 6.13. The van der Waals surface area contributed by atoms with E-state index in [1.807, 2.05) is 0 Å². The summed E-state index contributed by atoms with van der Waals surface area (Å²) in [4.78, 5) is 29.0. The molecule has 0 atom stereocenters. The van der Waals surface area contributed by atoms with Gasteiger partial charge < -0.3 is 10.4 Å². The van der Waals surface area contributed by atoms with E-state index in [-0.39, 0.29) is 5.56 Å². The number of thiazole rings is 1. The zero-order valence-corrected chi connectivity index (χ0v) is 12.6. The van der Waals surface area contributed by atoms with Gasteiger partial charge in [0.25, 0.3) is 11.5 Å². The summed E-state index contributed by atoms with van der Waals surface area (Å²) in [5, 5.41) is 14.4. The summed E-state index contributed by atoms with van der Waals surface area (Å²) in [6.07, 6.45) is 2.84. The second-order valence-electron chi connectivity index (χ2n) is 5.67. The molecule has 0 radical (unpaired) electrons. The van der Waals surface area contributed by atoms with Crippen LogP contribution in [-0.2, 0) is 0 Å². The Morgan fingerprint density at radius 2 is 2.05 bits per heavy atom. The number of rotatable bonds is 3. The lowest BCUT2D eigenvalue weighted by molar-refractivity contribution is -0.00297. The summed E-state index contributed by atoms with van der Waals surface area (Å²) in [5.41, 5.74) is -2.47. The van der Waals surface area contributed by atoms with Crippen LogP contribution in [0.15, 0.2) is 22.6 Å². The summed E-state index contributed by atoms with van der Waals surface area (Å²) in [6, 6.07) is 0. The summed E-state index contributed by atoms with van der Waals surface area (Å²) in [7, 11) is 0. The van der Waals surface area contributed by atoms with E-state index in [0.29, 0.717) is 4.96 Å². The Morgan fingerprint density at radius 1 is 1.40 bits per heavy atom. The predicted molar refractivity (Wildman–Crippen MR) is 77.2 cm³/mol. The Labute approximate surface area is 120 Å². The molecule has 0 saturated carbocycles. The topological polar surface area (TPSA) is 83.7 Å². The van der Waals surface area contributed by atoms with E-state index in [1.165, 1.54) is 21.9 Å². The third-order valence-electron chi connectivity index (χ3n) is 3.54. The summed E-state index contributed by atoms with van der Waals surface area (Å²) >= 11 is 1.32. The van der Waals surface area contributed by atoms with Crippen molar-refractivity contribution in [3.63, 3.8) is 0 Å². The molecule has 108 valence electrons. The maximum absolute atomic E-state index is 12.2. The smallest absolute Gasteiger partial charge is 0.271 e. The van der Waals surface area contributed by atoms with Gasteiger partial charge in [0, 0.05) is 17.8 Å².